The van der Waals surface area contributed by atoms with Crippen molar-refractivity contribution in [2.75, 3.05) is 10.8 Å². The first-order valence-corrected chi connectivity index (χ1v) is 11.2. The predicted octanol–water partition coefficient (Wildman–Crippen LogP) is 2.98. The molecule has 0 spiro atoms. The van der Waals surface area contributed by atoms with Crippen LogP contribution in [0.25, 0.3) is 0 Å². The summed E-state index contributed by atoms with van der Waals surface area (Å²) in [7, 11) is -3.29. The molecule has 27 heavy (non-hydrogen) atoms. The first kappa shape index (κ1) is 19.7. The minimum atomic E-state index is -3.29. The number of sulfone groups is 1. The van der Waals surface area contributed by atoms with Crippen molar-refractivity contribution in [2.45, 2.75) is 51.2 Å². The zero-order chi connectivity index (χ0) is 19.6. The third kappa shape index (κ3) is 4.13. The van der Waals surface area contributed by atoms with Gasteiger partial charge < -0.3 is 0 Å². The molecule has 1 aliphatic heterocycles. The average Bonchev–Trinajstić information content (AvgIpc) is 3.29. The number of nitrogens with zero attached hydrogens (tertiary/aromatic N) is 2. The Kier molecular flexibility index (Phi) is 5.79. The van der Waals surface area contributed by atoms with Crippen LogP contribution in [0.4, 0.5) is 5.69 Å². The van der Waals surface area contributed by atoms with Gasteiger partial charge in [0.25, 0.3) is 5.91 Å². The van der Waals surface area contributed by atoms with Crippen LogP contribution in [0, 0.1) is 11.8 Å². The largest absolute Gasteiger partial charge is 0.298 e. The Balaban J connectivity index is 1.75. The van der Waals surface area contributed by atoms with Crippen molar-refractivity contribution in [1.82, 2.24) is 0 Å². The Morgan fingerprint density at radius 2 is 1.81 bits per heavy atom. The number of ketones is 1. The second-order valence-electron chi connectivity index (χ2n) is 7.59. The smallest absolute Gasteiger partial charge is 0.263 e. The number of carbonyl (C=O) groups excluding carboxylic acids is 2. The van der Waals surface area contributed by atoms with Gasteiger partial charge in [-0.3, -0.25) is 9.59 Å². The fourth-order valence-electron chi connectivity index (χ4n) is 3.78. The van der Waals surface area contributed by atoms with Gasteiger partial charge in [-0.2, -0.15) is 10.1 Å². The van der Waals surface area contributed by atoms with Crippen molar-refractivity contribution in [3.05, 3.63) is 30.3 Å². The number of Topliss-reactive ketones (excluding diaryl/α,β-unsaturated/α-hetero) is 1. The zero-order valence-electron chi connectivity index (χ0n) is 15.8. The van der Waals surface area contributed by atoms with E-state index >= 15 is 0 Å². The van der Waals surface area contributed by atoms with E-state index in [-0.39, 0.29) is 29.1 Å². The highest BCUT2D eigenvalue weighted by Crippen LogP contribution is 2.29. The Hall–Kier alpha value is -2.02. The number of rotatable bonds is 7. The van der Waals surface area contributed by atoms with E-state index in [1.54, 1.807) is 24.3 Å². The predicted molar refractivity (Wildman–Crippen MR) is 105 cm³/mol. The molecule has 0 N–H and O–H groups in total. The molecule has 6 nitrogen and oxygen atoms in total. The first-order valence-electron chi connectivity index (χ1n) is 9.53. The third-order valence-electron chi connectivity index (χ3n) is 5.32. The van der Waals surface area contributed by atoms with Crippen molar-refractivity contribution in [1.29, 1.82) is 0 Å². The third-order valence-corrected chi connectivity index (χ3v) is 7.58. The number of hydrogen-bond donors (Lipinski definition) is 0. The topological polar surface area (TPSA) is 83.9 Å². The van der Waals surface area contributed by atoms with Crippen molar-refractivity contribution < 1.29 is 18.0 Å². The van der Waals surface area contributed by atoms with Gasteiger partial charge in [0.05, 0.1) is 22.4 Å². The number of anilines is 1. The second-order valence-corrected chi connectivity index (χ2v) is 9.99. The van der Waals surface area contributed by atoms with Crippen LogP contribution in [-0.4, -0.2) is 36.8 Å². The molecule has 0 radical (unpaired) electrons. The minimum absolute atomic E-state index is 0.0805. The van der Waals surface area contributed by atoms with E-state index in [2.05, 4.69) is 5.10 Å². The monoisotopic (exact) mass is 390 g/mol. The van der Waals surface area contributed by atoms with Crippen molar-refractivity contribution in [2.24, 2.45) is 16.9 Å². The maximum atomic E-state index is 12.9. The van der Waals surface area contributed by atoms with Crippen LogP contribution in [0.2, 0.25) is 0 Å². The van der Waals surface area contributed by atoms with E-state index in [4.69, 9.17) is 0 Å². The van der Waals surface area contributed by atoms with Crippen LogP contribution in [0.1, 0.15) is 46.0 Å². The molecule has 1 amide bonds. The lowest BCUT2D eigenvalue weighted by Crippen LogP contribution is -2.36. The van der Waals surface area contributed by atoms with E-state index in [0.717, 1.165) is 12.8 Å². The molecule has 1 aromatic carbocycles. The van der Waals surface area contributed by atoms with Gasteiger partial charge in [0.1, 0.15) is 5.92 Å². The Labute approximate surface area is 160 Å². The van der Waals surface area contributed by atoms with Gasteiger partial charge in [-0.1, -0.05) is 44.9 Å². The molecule has 2 aliphatic rings. The van der Waals surface area contributed by atoms with E-state index in [0.29, 0.717) is 24.2 Å². The second kappa shape index (κ2) is 7.92. The number of carbonyl (C=O) groups is 2. The standard InChI is InChI=1S/C20H26N2O4S/c1-14(2)19-18(20(24)22(21-19)15-8-4-3-5-9-15)17(23)12-13-27(25,26)16-10-6-7-11-16/h3-5,8-9,14,16,18H,6-7,10-13H2,1-2H3/t18-/m0/s1. The summed E-state index contributed by atoms with van der Waals surface area (Å²) >= 11 is 0. The molecule has 0 unspecified atom stereocenters. The molecule has 1 aromatic rings. The van der Waals surface area contributed by atoms with Gasteiger partial charge in [0, 0.05) is 6.42 Å². The summed E-state index contributed by atoms with van der Waals surface area (Å²) in [5.41, 5.74) is 1.11. The maximum Gasteiger partial charge on any atom is 0.263 e. The quantitative estimate of drug-likeness (QED) is 0.670. The molecule has 1 fully saturated rings. The summed E-state index contributed by atoms with van der Waals surface area (Å²) in [6.07, 6.45) is 3.08. The highest BCUT2D eigenvalue weighted by Gasteiger charge is 2.42. The molecule has 3 rings (SSSR count). The lowest BCUT2D eigenvalue weighted by Gasteiger charge is -2.15. The average molecular weight is 391 g/mol. The molecule has 0 aromatic heterocycles. The molecule has 1 aliphatic carbocycles. The van der Waals surface area contributed by atoms with Crippen LogP contribution in [0.5, 0.6) is 0 Å². The molecular weight excluding hydrogens is 364 g/mol. The highest BCUT2D eigenvalue weighted by molar-refractivity contribution is 7.92. The van der Waals surface area contributed by atoms with Crippen LogP contribution in [-0.2, 0) is 19.4 Å². The molecule has 0 saturated heterocycles. The fraction of sp³-hybridized carbons (Fsp3) is 0.550. The van der Waals surface area contributed by atoms with Gasteiger partial charge in [-0.25, -0.2) is 8.42 Å². The molecule has 1 atom stereocenters. The van der Waals surface area contributed by atoms with E-state index in [1.165, 1.54) is 5.01 Å². The summed E-state index contributed by atoms with van der Waals surface area (Å²) in [6.45, 7) is 3.77. The van der Waals surface area contributed by atoms with E-state index < -0.39 is 21.7 Å². The molecule has 146 valence electrons. The highest BCUT2D eigenvalue weighted by atomic mass is 32.2. The normalized spacial score (nSPS) is 21.1. The van der Waals surface area contributed by atoms with Gasteiger partial charge in [-0.05, 0) is 30.9 Å². The van der Waals surface area contributed by atoms with Crippen molar-refractivity contribution in [3.8, 4) is 0 Å². The SMILES string of the molecule is CC(C)C1=NN(c2ccccc2)C(=O)[C@H]1C(=O)CCS(=O)(=O)C1CCCC1. The summed E-state index contributed by atoms with van der Waals surface area (Å²) in [6, 6.07) is 8.97. The number of benzene rings is 1. The maximum absolute atomic E-state index is 12.9. The first-order chi connectivity index (χ1) is 12.8. The molecule has 1 saturated carbocycles. The van der Waals surface area contributed by atoms with Gasteiger partial charge in [0.15, 0.2) is 15.6 Å². The minimum Gasteiger partial charge on any atom is -0.298 e. The molecular formula is C20H26N2O4S. The Morgan fingerprint density at radius 3 is 2.41 bits per heavy atom. The Bertz CT molecular complexity index is 840. The van der Waals surface area contributed by atoms with Crippen LogP contribution in [0.3, 0.4) is 0 Å². The molecule has 0 bridgehead atoms. The van der Waals surface area contributed by atoms with Crippen LogP contribution < -0.4 is 5.01 Å². The number of hydrogen-bond acceptors (Lipinski definition) is 5. The summed E-state index contributed by atoms with van der Waals surface area (Å²) in [5.74, 6) is -2.00. The van der Waals surface area contributed by atoms with E-state index in [9.17, 15) is 18.0 Å². The van der Waals surface area contributed by atoms with Crippen molar-refractivity contribution in [3.63, 3.8) is 0 Å². The summed E-state index contributed by atoms with van der Waals surface area (Å²) in [5, 5.41) is 5.33. The van der Waals surface area contributed by atoms with Crippen LogP contribution >= 0.6 is 0 Å². The van der Waals surface area contributed by atoms with Crippen molar-refractivity contribution >= 4 is 32.9 Å². The fourth-order valence-corrected chi connectivity index (χ4v) is 5.65. The Morgan fingerprint density at radius 1 is 1.19 bits per heavy atom. The number of amides is 1. The van der Waals surface area contributed by atoms with E-state index in [1.807, 2.05) is 19.9 Å². The van der Waals surface area contributed by atoms with Gasteiger partial charge >= 0.3 is 0 Å². The summed E-state index contributed by atoms with van der Waals surface area (Å²) in [4.78, 5) is 25.7. The van der Waals surface area contributed by atoms with Crippen LogP contribution in [0.15, 0.2) is 35.4 Å². The number of para-hydroxylation sites is 1. The van der Waals surface area contributed by atoms with Gasteiger partial charge in [-0.15, -0.1) is 0 Å². The molecule has 7 heteroatoms. The lowest BCUT2D eigenvalue weighted by atomic mass is 9.90. The summed E-state index contributed by atoms with van der Waals surface area (Å²) < 4.78 is 24.9. The lowest BCUT2D eigenvalue weighted by molar-refractivity contribution is -0.128. The number of hydrazone groups is 1. The molecule has 1 heterocycles. The zero-order valence-corrected chi connectivity index (χ0v) is 16.6. The van der Waals surface area contributed by atoms with Gasteiger partial charge in [0.2, 0.25) is 0 Å².